The summed E-state index contributed by atoms with van der Waals surface area (Å²) < 4.78 is 11.5. The van der Waals surface area contributed by atoms with Crippen LogP contribution >= 0.6 is 0 Å². The lowest BCUT2D eigenvalue weighted by atomic mass is 9.82. The zero-order valence-electron chi connectivity index (χ0n) is 32.1. The predicted molar refractivity (Wildman–Crippen MR) is 233 cm³/mol. The topological polar surface area (TPSA) is 48.8 Å². The van der Waals surface area contributed by atoms with Gasteiger partial charge in [-0.15, -0.1) is 0 Å². The van der Waals surface area contributed by atoms with Gasteiger partial charge in [-0.3, -0.25) is 4.57 Å². The quantitative estimate of drug-likeness (QED) is 0.178. The Bertz CT molecular complexity index is 3590. The minimum atomic E-state index is -0.0978. The molecular formula is C52H36N4O. The summed E-state index contributed by atoms with van der Waals surface area (Å²) >= 11 is 0. The number of rotatable bonds is 2. The van der Waals surface area contributed by atoms with Crippen molar-refractivity contribution in [2.75, 3.05) is 0 Å². The molecule has 0 saturated carbocycles. The standard InChI is InChI=1S/C52H36N4O/c1-51(2)39-17-9-5-13-30(39)34-26-45-36(24-41(34)51)32-15-7-11-19-43(32)55(45)29-21-22-47-38(23-29)48-49(57-47)50(54-28-53-48)56-44-20-12-8-16-33(44)37-25-42-35(27-46(37)56)31-14-6-10-18-40(31)52(42,3)4/h5-28H,1-4H3. The fourth-order valence-electron chi connectivity index (χ4n) is 10.7. The number of hydrogen-bond acceptors (Lipinski definition) is 3. The van der Waals surface area contributed by atoms with Crippen LogP contribution in [0.25, 0.3) is 99.4 Å². The van der Waals surface area contributed by atoms with E-state index >= 15 is 0 Å². The van der Waals surface area contributed by atoms with Crippen molar-refractivity contribution in [3.63, 3.8) is 0 Å². The van der Waals surface area contributed by atoms with Gasteiger partial charge in [0.1, 0.15) is 17.4 Å². The molecule has 4 aromatic heterocycles. The van der Waals surface area contributed by atoms with Gasteiger partial charge < -0.3 is 8.98 Å². The molecule has 11 aromatic rings. The van der Waals surface area contributed by atoms with Crippen LogP contribution in [0.5, 0.6) is 0 Å². The highest BCUT2D eigenvalue weighted by Crippen LogP contribution is 2.53. The van der Waals surface area contributed by atoms with Crippen LogP contribution in [0.15, 0.2) is 150 Å². The molecular weight excluding hydrogens is 697 g/mol. The Hall–Kier alpha value is -6.98. The highest BCUT2D eigenvalue weighted by molar-refractivity contribution is 6.14. The molecule has 0 aliphatic heterocycles. The fourth-order valence-corrected chi connectivity index (χ4v) is 10.7. The normalized spacial score (nSPS) is 14.9. The average molecular weight is 733 g/mol. The van der Waals surface area contributed by atoms with Crippen LogP contribution in [-0.2, 0) is 10.8 Å². The number of furan rings is 1. The number of fused-ring (bicyclic) bond motifs is 15. The molecule has 0 saturated heterocycles. The molecule has 0 fully saturated rings. The van der Waals surface area contributed by atoms with Gasteiger partial charge in [0.05, 0.1) is 22.1 Å². The molecule has 7 aromatic carbocycles. The first-order valence-electron chi connectivity index (χ1n) is 19.8. The van der Waals surface area contributed by atoms with E-state index in [-0.39, 0.29) is 10.8 Å². The maximum Gasteiger partial charge on any atom is 0.197 e. The molecule has 270 valence electrons. The fraction of sp³-hybridized carbons (Fsp3) is 0.115. The number of para-hydroxylation sites is 2. The van der Waals surface area contributed by atoms with E-state index in [0.29, 0.717) is 5.58 Å². The first-order chi connectivity index (χ1) is 27.8. The summed E-state index contributed by atoms with van der Waals surface area (Å²) in [5.41, 5.74) is 18.4. The van der Waals surface area contributed by atoms with Crippen LogP contribution in [0.4, 0.5) is 0 Å². The van der Waals surface area contributed by atoms with Crippen molar-refractivity contribution in [3.8, 4) is 33.8 Å². The number of benzene rings is 7. The summed E-state index contributed by atoms with van der Waals surface area (Å²) in [6.45, 7) is 9.38. The van der Waals surface area contributed by atoms with Crippen LogP contribution < -0.4 is 0 Å². The van der Waals surface area contributed by atoms with Crippen LogP contribution in [0.2, 0.25) is 0 Å². The van der Waals surface area contributed by atoms with Crippen molar-refractivity contribution < 1.29 is 4.42 Å². The molecule has 0 amide bonds. The van der Waals surface area contributed by atoms with E-state index in [9.17, 15) is 0 Å². The monoisotopic (exact) mass is 732 g/mol. The van der Waals surface area contributed by atoms with Gasteiger partial charge in [0.25, 0.3) is 0 Å². The summed E-state index contributed by atoms with van der Waals surface area (Å²) in [7, 11) is 0. The van der Waals surface area contributed by atoms with Gasteiger partial charge in [-0.2, -0.15) is 0 Å². The van der Waals surface area contributed by atoms with Crippen LogP contribution in [-0.4, -0.2) is 19.1 Å². The van der Waals surface area contributed by atoms with Gasteiger partial charge in [0, 0.05) is 43.4 Å². The Morgan fingerprint density at radius 2 is 0.982 bits per heavy atom. The molecule has 2 aliphatic carbocycles. The van der Waals surface area contributed by atoms with E-state index in [1.54, 1.807) is 6.33 Å². The second-order valence-corrected chi connectivity index (χ2v) is 17.0. The highest BCUT2D eigenvalue weighted by atomic mass is 16.3. The minimum absolute atomic E-state index is 0.0765. The zero-order valence-corrected chi connectivity index (χ0v) is 32.1. The Labute approximate surface area is 328 Å². The predicted octanol–water partition coefficient (Wildman–Crippen LogP) is 13.2. The van der Waals surface area contributed by atoms with Gasteiger partial charge in [-0.25, -0.2) is 9.97 Å². The summed E-state index contributed by atoms with van der Waals surface area (Å²) in [6, 6.07) is 51.2. The third-order valence-corrected chi connectivity index (χ3v) is 13.4. The maximum atomic E-state index is 6.80. The largest absolute Gasteiger partial charge is 0.450 e. The van der Waals surface area contributed by atoms with Crippen molar-refractivity contribution in [2.45, 2.75) is 38.5 Å². The Kier molecular flexibility index (Phi) is 5.73. The van der Waals surface area contributed by atoms with Crippen molar-refractivity contribution in [2.24, 2.45) is 0 Å². The van der Waals surface area contributed by atoms with Gasteiger partial charge in [-0.1, -0.05) is 113 Å². The Morgan fingerprint density at radius 1 is 0.439 bits per heavy atom. The van der Waals surface area contributed by atoms with Crippen LogP contribution in [0.3, 0.4) is 0 Å². The molecule has 13 rings (SSSR count). The van der Waals surface area contributed by atoms with E-state index in [0.717, 1.165) is 39.0 Å². The first-order valence-corrected chi connectivity index (χ1v) is 19.8. The minimum Gasteiger partial charge on any atom is -0.450 e. The summed E-state index contributed by atoms with van der Waals surface area (Å²) in [5.74, 6) is 0.739. The second-order valence-electron chi connectivity index (χ2n) is 17.0. The highest BCUT2D eigenvalue weighted by Gasteiger charge is 2.37. The molecule has 0 atom stereocenters. The Morgan fingerprint density at radius 3 is 1.61 bits per heavy atom. The number of hydrogen-bond donors (Lipinski definition) is 0. The lowest BCUT2D eigenvalue weighted by Gasteiger charge is -2.21. The van der Waals surface area contributed by atoms with E-state index < -0.39 is 0 Å². The molecule has 0 unspecified atom stereocenters. The van der Waals surface area contributed by atoms with Crippen molar-refractivity contribution >= 4 is 65.7 Å². The molecule has 0 spiro atoms. The summed E-state index contributed by atoms with van der Waals surface area (Å²) in [5, 5.41) is 5.86. The molecule has 5 nitrogen and oxygen atoms in total. The lowest BCUT2D eigenvalue weighted by Crippen LogP contribution is -2.14. The van der Waals surface area contributed by atoms with E-state index in [1.165, 1.54) is 77.1 Å². The molecule has 0 N–H and O–H groups in total. The average Bonchev–Trinajstić information content (AvgIpc) is 3.98. The Balaban J connectivity index is 1.05. The van der Waals surface area contributed by atoms with Gasteiger partial charge in [-0.05, 0) is 99.1 Å². The summed E-state index contributed by atoms with van der Waals surface area (Å²) in [4.78, 5) is 9.90. The van der Waals surface area contributed by atoms with E-state index in [2.05, 4.69) is 176 Å². The third-order valence-electron chi connectivity index (χ3n) is 13.4. The molecule has 2 aliphatic rings. The molecule has 4 heterocycles. The first kappa shape index (κ1) is 31.2. The maximum absolute atomic E-state index is 6.80. The van der Waals surface area contributed by atoms with Crippen molar-refractivity contribution in [3.05, 3.63) is 168 Å². The van der Waals surface area contributed by atoms with Gasteiger partial charge in [0.2, 0.25) is 0 Å². The SMILES string of the molecule is CC1(C)c2ccccc2-c2cc3c(cc21)c1ccccc1n3-c1ccc2oc3c(-n4c5ccccc5c5cc6c(cc54)-c4ccccc4C6(C)C)ncnc3c2c1. The number of aromatic nitrogens is 4. The molecule has 0 radical (unpaired) electrons. The zero-order chi connectivity index (χ0) is 37.9. The van der Waals surface area contributed by atoms with Crippen molar-refractivity contribution in [1.29, 1.82) is 0 Å². The van der Waals surface area contributed by atoms with E-state index in [1.807, 2.05) is 0 Å². The smallest absolute Gasteiger partial charge is 0.197 e. The van der Waals surface area contributed by atoms with Crippen LogP contribution in [0, 0.1) is 0 Å². The van der Waals surface area contributed by atoms with E-state index in [4.69, 9.17) is 14.4 Å². The van der Waals surface area contributed by atoms with Crippen molar-refractivity contribution in [1.82, 2.24) is 19.1 Å². The molecule has 5 heteroatoms. The number of nitrogens with zero attached hydrogens (tertiary/aromatic N) is 4. The van der Waals surface area contributed by atoms with Gasteiger partial charge in [0.15, 0.2) is 11.4 Å². The lowest BCUT2D eigenvalue weighted by molar-refractivity contribution is 0.660. The molecule has 57 heavy (non-hydrogen) atoms. The van der Waals surface area contributed by atoms with Gasteiger partial charge >= 0.3 is 0 Å². The summed E-state index contributed by atoms with van der Waals surface area (Å²) in [6.07, 6.45) is 1.69. The molecule has 0 bridgehead atoms. The third kappa shape index (κ3) is 3.84. The second kappa shape index (κ2) is 10.4. The van der Waals surface area contributed by atoms with Crippen LogP contribution in [0.1, 0.15) is 49.9 Å².